The van der Waals surface area contributed by atoms with E-state index < -0.39 is 42.3 Å². The first-order chi connectivity index (χ1) is 16.7. The SMILES string of the molecule is CC(=O)CN(C)C(=O)[C@H](Cc1cccnc1)NC(=O)[C@H](CC(N)=O)NC(=O)OCc1ccccc1. The van der Waals surface area contributed by atoms with Gasteiger partial charge in [-0.15, -0.1) is 0 Å². The topological polar surface area (TPSA) is 161 Å². The number of nitrogens with zero attached hydrogens (tertiary/aromatic N) is 2. The number of Topliss-reactive ketones (excluding diaryl/α,β-unsaturated/α-hetero) is 1. The maximum atomic E-state index is 13.0. The number of benzene rings is 1. The lowest BCUT2D eigenvalue weighted by Gasteiger charge is -2.26. The summed E-state index contributed by atoms with van der Waals surface area (Å²) in [5.41, 5.74) is 6.64. The first kappa shape index (κ1) is 27.0. The molecule has 0 fully saturated rings. The van der Waals surface area contributed by atoms with E-state index in [1.54, 1.807) is 42.6 Å². The lowest BCUT2D eigenvalue weighted by Crippen LogP contribution is -2.55. The number of nitrogens with two attached hydrogens (primary N) is 1. The molecular weight excluding hydrogens is 454 g/mol. The number of pyridine rings is 1. The number of ketones is 1. The van der Waals surface area contributed by atoms with E-state index in [4.69, 9.17) is 10.5 Å². The standard InChI is InChI=1S/C24H29N5O6/c1-16(30)14-29(2)23(33)20(11-18-9-6-10-26-13-18)27-22(32)19(12-21(25)31)28-24(34)35-15-17-7-4-3-5-8-17/h3-10,13,19-20H,11-12,14-15H2,1-2H3,(H2,25,31)(H,27,32)(H,28,34)/t19-,20-/m0/s1. The molecule has 0 radical (unpaired) electrons. The van der Waals surface area contributed by atoms with Crippen molar-refractivity contribution in [1.82, 2.24) is 20.5 Å². The van der Waals surface area contributed by atoms with Crippen LogP contribution in [0.25, 0.3) is 0 Å². The fourth-order valence-corrected chi connectivity index (χ4v) is 3.22. The van der Waals surface area contributed by atoms with Crippen molar-refractivity contribution in [2.45, 2.75) is 38.5 Å². The second-order valence-corrected chi connectivity index (χ2v) is 7.95. The second kappa shape index (κ2) is 13.4. The minimum absolute atomic E-state index is 0.0461. The molecule has 11 heteroatoms. The predicted octanol–water partition coefficient (Wildman–Crippen LogP) is 0.327. The van der Waals surface area contributed by atoms with Gasteiger partial charge in [-0.3, -0.25) is 24.2 Å². The van der Waals surface area contributed by atoms with E-state index in [1.165, 1.54) is 25.1 Å². The molecule has 4 N–H and O–H groups in total. The molecule has 0 bridgehead atoms. The van der Waals surface area contributed by atoms with Crippen LogP contribution in [0.15, 0.2) is 54.9 Å². The number of nitrogens with one attached hydrogen (secondary N) is 2. The first-order valence-electron chi connectivity index (χ1n) is 10.8. The van der Waals surface area contributed by atoms with Gasteiger partial charge in [0, 0.05) is 25.9 Å². The third kappa shape index (κ3) is 9.62. The average molecular weight is 484 g/mol. The number of ether oxygens (including phenoxy) is 1. The second-order valence-electron chi connectivity index (χ2n) is 7.95. The van der Waals surface area contributed by atoms with Crippen molar-refractivity contribution in [3.8, 4) is 0 Å². The summed E-state index contributed by atoms with van der Waals surface area (Å²) in [6.45, 7) is 1.15. The predicted molar refractivity (Wildman–Crippen MR) is 126 cm³/mol. The van der Waals surface area contributed by atoms with Gasteiger partial charge in [0.15, 0.2) is 0 Å². The van der Waals surface area contributed by atoms with Crippen molar-refractivity contribution in [2.24, 2.45) is 5.73 Å². The Morgan fingerprint density at radius 1 is 1.00 bits per heavy atom. The van der Waals surface area contributed by atoms with E-state index in [9.17, 15) is 24.0 Å². The minimum atomic E-state index is -1.38. The summed E-state index contributed by atoms with van der Waals surface area (Å²) in [4.78, 5) is 66.5. The number of likely N-dealkylation sites (N-methyl/N-ethyl adjacent to an activating group) is 1. The molecule has 2 aromatic rings. The number of hydrogen-bond acceptors (Lipinski definition) is 7. The summed E-state index contributed by atoms with van der Waals surface area (Å²) >= 11 is 0. The van der Waals surface area contributed by atoms with Crippen molar-refractivity contribution in [2.75, 3.05) is 13.6 Å². The number of amides is 4. The lowest BCUT2D eigenvalue weighted by atomic mass is 10.0. The molecule has 35 heavy (non-hydrogen) atoms. The van der Waals surface area contributed by atoms with Crippen molar-refractivity contribution >= 4 is 29.6 Å². The summed E-state index contributed by atoms with van der Waals surface area (Å²) < 4.78 is 5.12. The molecule has 0 aliphatic carbocycles. The largest absolute Gasteiger partial charge is 0.445 e. The molecule has 0 saturated heterocycles. The van der Waals surface area contributed by atoms with Gasteiger partial charge in [0.05, 0.1) is 13.0 Å². The van der Waals surface area contributed by atoms with E-state index in [0.29, 0.717) is 5.56 Å². The summed E-state index contributed by atoms with van der Waals surface area (Å²) in [5, 5.41) is 4.88. The number of primary amides is 1. The highest BCUT2D eigenvalue weighted by Crippen LogP contribution is 2.07. The molecule has 0 unspecified atom stereocenters. The van der Waals surface area contributed by atoms with Crippen molar-refractivity contribution in [1.29, 1.82) is 0 Å². The highest BCUT2D eigenvalue weighted by atomic mass is 16.5. The molecule has 0 spiro atoms. The number of hydrogen-bond donors (Lipinski definition) is 3. The third-order valence-electron chi connectivity index (χ3n) is 4.84. The molecule has 4 amide bonds. The Morgan fingerprint density at radius 3 is 2.29 bits per heavy atom. The van der Waals surface area contributed by atoms with E-state index in [0.717, 1.165) is 5.56 Å². The maximum Gasteiger partial charge on any atom is 0.408 e. The Morgan fingerprint density at radius 2 is 1.69 bits per heavy atom. The van der Waals surface area contributed by atoms with Crippen LogP contribution in [-0.2, 0) is 36.9 Å². The van der Waals surface area contributed by atoms with Crippen molar-refractivity contribution in [3.05, 3.63) is 66.0 Å². The number of carbonyl (C=O) groups excluding carboxylic acids is 5. The molecule has 2 atom stereocenters. The van der Waals surface area contributed by atoms with E-state index in [-0.39, 0.29) is 25.4 Å². The van der Waals surface area contributed by atoms with Crippen LogP contribution in [-0.4, -0.2) is 65.2 Å². The van der Waals surface area contributed by atoms with Gasteiger partial charge >= 0.3 is 6.09 Å². The Balaban J connectivity index is 2.12. The number of aromatic nitrogens is 1. The fraction of sp³-hybridized carbons (Fsp3) is 0.333. The Hall–Kier alpha value is -4.28. The zero-order valence-electron chi connectivity index (χ0n) is 19.6. The van der Waals surface area contributed by atoms with Crippen molar-refractivity contribution in [3.63, 3.8) is 0 Å². The molecular formula is C24H29N5O6. The smallest absolute Gasteiger partial charge is 0.408 e. The van der Waals surface area contributed by atoms with Gasteiger partial charge in [-0.05, 0) is 24.1 Å². The Labute approximate surface area is 203 Å². The van der Waals surface area contributed by atoms with Crippen LogP contribution in [0.4, 0.5) is 4.79 Å². The Kier molecular flexibility index (Phi) is 10.3. The van der Waals surface area contributed by atoms with Gasteiger partial charge in [0.1, 0.15) is 24.5 Å². The molecule has 186 valence electrons. The Bertz CT molecular complexity index is 1030. The summed E-state index contributed by atoms with van der Waals surface area (Å²) in [5.74, 6) is -2.40. The third-order valence-corrected chi connectivity index (χ3v) is 4.84. The number of alkyl carbamates (subject to hydrolysis) is 1. The fourth-order valence-electron chi connectivity index (χ4n) is 3.22. The quantitative estimate of drug-likeness (QED) is 0.392. The van der Waals surface area contributed by atoms with Gasteiger partial charge in [0.25, 0.3) is 0 Å². The lowest BCUT2D eigenvalue weighted by molar-refractivity contribution is -0.138. The van der Waals surface area contributed by atoms with Gasteiger partial charge in [-0.25, -0.2) is 4.79 Å². The first-order valence-corrected chi connectivity index (χ1v) is 10.8. The minimum Gasteiger partial charge on any atom is -0.445 e. The van der Waals surface area contributed by atoms with E-state index in [1.807, 2.05) is 6.07 Å². The molecule has 1 aromatic heterocycles. The van der Waals surface area contributed by atoms with Gasteiger partial charge in [-0.2, -0.15) is 0 Å². The highest BCUT2D eigenvalue weighted by molar-refractivity contribution is 5.94. The van der Waals surface area contributed by atoms with E-state index in [2.05, 4.69) is 15.6 Å². The molecule has 1 aromatic carbocycles. The number of rotatable bonds is 12. The van der Waals surface area contributed by atoms with Crippen LogP contribution in [0.5, 0.6) is 0 Å². The van der Waals surface area contributed by atoms with Crippen LogP contribution in [0.2, 0.25) is 0 Å². The maximum absolute atomic E-state index is 13.0. The van der Waals surface area contributed by atoms with Crippen molar-refractivity contribution < 1.29 is 28.7 Å². The van der Waals surface area contributed by atoms with E-state index >= 15 is 0 Å². The van der Waals surface area contributed by atoms with Crippen LogP contribution < -0.4 is 16.4 Å². The molecule has 1 heterocycles. The van der Waals surface area contributed by atoms with Crippen LogP contribution >= 0.6 is 0 Å². The molecule has 0 aliphatic rings. The van der Waals surface area contributed by atoms with Gasteiger partial charge in [-0.1, -0.05) is 36.4 Å². The summed E-state index contributed by atoms with van der Waals surface area (Å²) in [6.07, 6.45) is 1.73. The van der Waals surface area contributed by atoms with Crippen LogP contribution in [0.3, 0.4) is 0 Å². The molecule has 2 rings (SSSR count). The average Bonchev–Trinajstić information content (AvgIpc) is 2.82. The van der Waals surface area contributed by atoms with Crippen LogP contribution in [0.1, 0.15) is 24.5 Å². The molecule has 11 nitrogen and oxygen atoms in total. The summed E-state index contributed by atoms with van der Waals surface area (Å²) in [6, 6.07) is 9.83. The van der Waals surface area contributed by atoms with Gasteiger partial charge in [0.2, 0.25) is 17.7 Å². The zero-order chi connectivity index (χ0) is 25.8. The number of carbonyl (C=O) groups is 5. The van der Waals surface area contributed by atoms with Gasteiger partial charge < -0.3 is 26.0 Å². The monoisotopic (exact) mass is 483 g/mol. The molecule has 0 aliphatic heterocycles. The van der Waals surface area contributed by atoms with Crippen LogP contribution in [0, 0.1) is 0 Å². The highest BCUT2D eigenvalue weighted by Gasteiger charge is 2.30. The summed E-state index contributed by atoms with van der Waals surface area (Å²) in [7, 11) is 1.44. The zero-order valence-corrected chi connectivity index (χ0v) is 19.6. The normalized spacial score (nSPS) is 12.1. The molecule has 0 saturated carbocycles.